The van der Waals surface area contributed by atoms with Gasteiger partial charge in [-0.05, 0) is 24.6 Å². The summed E-state index contributed by atoms with van der Waals surface area (Å²) in [7, 11) is 1.19. The fourth-order valence-electron chi connectivity index (χ4n) is 4.06. The maximum atomic E-state index is 12.9. The molecule has 144 valence electrons. The maximum Gasteiger partial charge on any atom is 0.329 e. The number of nitrogens with zero attached hydrogens (tertiary/aromatic N) is 2. The second kappa shape index (κ2) is 7.13. The Hall–Kier alpha value is -3.11. The third-order valence-corrected chi connectivity index (χ3v) is 5.55. The van der Waals surface area contributed by atoms with Crippen LogP contribution in [0.15, 0.2) is 48.2 Å². The fourth-order valence-corrected chi connectivity index (χ4v) is 4.18. The molecule has 8 heteroatoms. The molecule has 2 heterocycles. The first-order chi connectivity index (χ1) is 13.3. The monoisotopic (exact) mass is 399 g/mol. The number of hydrogen-bond donors (Lipinski definition) is 1. The van der Waals surface area contributed by atoms with Crippen molar-refractivity contribution >= 4 is 29.3 Å². The summed E-state index contributed by atoms with van der Waals surface area (Å²) in [6.45, 7) is 1.39. The van der Waals surface area contributed by atoms with E-state index in [1.54, 1.807) is 36.4 Å². The smallest absolute Gasteiger partial charge is 0.329 e. The van der Waals surface area contributed by atoms with Crippen LogP contribution in [0.4, 0.5) is 0 Å². The van der Waals surface area contributed by atoms with Gasteiger partial charge < -0.3 is 15.4 Å². The number of benzene rings is 1. The molecule has 4 atom stereocenters. The molecule has 1 aromatic carbocycles. The zero-order chi connectivity index (χ0) is 20.6. The molecule has 4 unspecified atom stereocenters. The van der Waals surface area contributed by atoms with Crippen molar-refractivity contribution in [1.29, 1.82) is 5.26 Å². The second-order valence-corrected chi connectivity index (χ2v) is 7.18. The molecule has 28 heavy (non-hydrogen) atoms. The van der Waals surface area contributed by atoms with E-state index >= 15 is 0 Å². The van der Waals surface area contributed by atoms with Crippen LogP contribution in [0, 0.1) is 16.7 Å². The number of carbonyl (C=O) groups excluding carboxylic acids is 3. The van der Waals surface area contributed by atoms with Gasteiger partial charge in [-0.1, -0.05) is 35.9 Å². The number of hydrogen-bond acceptors (Lipinski definition) is 6. The van der Waals surface area contributed by atoms with E-state index < -0.39 is 35.3 Å². The van der Waals surface area contributed by atoms with Crippen LogP contribution in [0.1, 0.15) is 18.4 Å². The van der Waals surface area contributed by atoms with E-state index in [0.29, 0.717) is 16.2 Å². The number of Topliss-reactive ketones (excluding diaryl/α,β-unsaturated/α-hetero) is 1. The highest BCUT2D eigenvalue weighted by atomic mass is 35.5. The fraction of sp³-hybridized carbons (Fsp3) is 0.300. The molecule has 2 N–H and O–H groups in total. The van der Waals surface area contributed by atoms with Gasteiger partial charge in [0.25, 0.3) is 0 Å². The summed E-state index contributed by atoms with van der Waals surface area (Å²) in [5, 5.41) is 10.6. The van der Waals surface area contributed by atoms with Gasteiger partial charge in [0.2, 0.25) is 5.91 Å². The molecule has 0 aromatic heterocycles. The summed E-state index contributed by atoms with van der Waals surface area (Å²) in [5.74, 6) is -2.64. The first kappa shape index (κ1) is 19.6. The quantitative estimate of drug-likeness (QED) is 0.770. The van der Waals surface area contributed by atoms with Gasteiger partial charge in [-0.25, -0.2) is 0 Å². The summed E-state index contributed by atoms with van der Waals surface area (Å²) < 4.78 is 4.97. The lowest BCUT2D eigenvalue weighted by Gasteiger charge is -2.32. The molecule has 1 aromatic rings. The molecule has 0 bridgehead atoms. The van der Waals surface area contributed by atoms with Gasteiger partial charge >= 0.3 is 5.97 Å². The Morgan fingerprint density at radius 3 is 2.43 bits per heavy atom. The highest BCUT2D eigenvalue weighted by molar-refractivity contribution is 6.30. The molecule has 0 saturated carbocycles. The van der Waals surface area contributed by atoms with Crippen molar-refractivity contribution in [3.8, 4) is 6.07 Å². The Bertz CT molecular complexity index is 947. The summed E-state index contributed by atoms with van der Waals surface area (Å²) in [6.07, 6.45) is 4.59. The molecule has 2 aliphatic heterocycles. The van der Waals surface area contributed by atoms with Crippen LogP contribution < -0.4 is 5.73 Å². The molecule has 1 fully saturated rings. The maximum absolute atomic E-state index is 12.9. The number of amides is 1. The average molecular weight is 400 g/mol. The second-order valence-electron chi connectivity index (χ2n) is 6.74. The Labute approximate surface area is 167 Å². The molecule has 1 amide bonds. The predicted octanol–water partition coefficient (Wildman–Crippen LogP) is 1.69. The van der Waals surface area contributed by atoms with Gasteiger partial charge in [-0.3, -0.25) is 14.4 Å². The van der Waals surface area contributed by atoms with E-state index in [0.717, 1.165) is 0 Å². The van der Waals surface area contributed by atoms with E-state index in [-0.39, 0.29) is 5.78 Å². The molecule has 0 spiro atoms. The van der Waals surface area contributed by atoms with Crippen LogP contribution in [0.5, 0.6) is 0 Å². The van der Waals surface area contributed by atoms with Crippen LogP contribution in [0.2, 0.25) is 5.02 Å². The van der Waals surface area contributed by atoms with Gasteiger partial charge in [-0.15, -0.1) is 0 Å². The number of ketones is 1. The number of fused-ring (bicyclic) bond motifs is 1. The number of allylic oxidation sites excluding steroid dienone is 2. The number of carbonyl (C=O) groups is 3. The zero-order valence-corrected chi connectivity index (χ0v) is 16.0. The SMILES string of the molecule is COC(=O)C1(C#N)C(c2ccc(Cl)cc2)C(C(N)=O)N2C=C(C(C)=O)C=CC21. The number of nitriles is 1. The minimum absolute atomic E-state index is 0.214. The van der Waals surface area contributed by atoms with E-state index in [9.17, 15) is 19.6 Å². The first-order valence-corrected chi connectivity index (χ1v) is 8.88. The van der Waals surface area contributed by atoms with Crippen LogP contribution in [-0.4, -0.2) is 41.8 Å². The first-order valence-electron chi connectivity index (χ1n) is 8.50. The zero-order valence-electron chi connectivity index (χ0n) is 15.3. The number of primary amides is 1. The van der Waals surface area contributed by atoms with Gasteiger partial charge in [0.05, 0.1) is 19.2 Å². The van der Waals surface area contributed by atoms with Gasteiger partial charge in [0, 0.05) is 22.7 Å². The Balaban J connectivity index is 2.29. The number of halogens is 1. The molecule has 3 rings (SSSR count). The lowest BCUT2D eigenvalue weighted by atomic mass is 9.68. The molecule has 0 radical (unpaired) electrons. The van der Waals surface area contributed by atoms with Crippen molar-refractivity contribution in [3.63, 3.8) is 0 Å². The van der Waals surface area contributed by atoms with Crippen LogP contribution in [0.25, 0.3) is 0 Å². The van der Waals surface area contributed by atoms with E-state index in [1.165, 1.54) is 25.1 Å². The van der Waals surface area contributed by atoms with Gasteiger partial charge in [0.1, 0.15) is 6.04 Å². The molecule has 7 nitrogen and oxygen atoms in total. The van der Waals surface area contributed by atoms with Crippen molar-refractivity contribution in [2.45, 2.75) is 24.9 Å². The molecule has 2 aliphatic rings. The molecular weight excluding hydrogens is 382 g/mol. The lowest BCUT2D eigenvalue weighted by molar-refractivity contribution is -0.150. The van der Waals surface area contributed by atoms with Crippen molar-refractivity contribution in [1.82, 2.24) is 4.90 Å². The number of methoxy groups -OCH3 is 1. The topological polar surface area (TPSA) is 113 Å². The summed E-state index contributed by atoms with van der Waals surface area (Å²) in [6, 6.07) is 6.75. The highest BCUT2D eigenvalue weighted by Gasteiger charge is 2.66. The van der Waals surface area contributed by atoms with Crippen molar-refractivity contribution in [2.24, 2.45) is 11.1 Å². The number of rotatable bonds is 4. The summed E-state index contributed by atoms with van der Waals surface area (Å²) in [4.78, 5) is 38.7. The number of nitrogens with two attached hydrogens (primary N) is 1. The molecule has 1 saturated heterocycles. The number of ether oxygens (including phenoxy) is 1. The lowest BCUT2D eigenvalue weighted by Crippen LogP contribution is -2.45. The molecule has 0 aliphatic carbocycles. The third-order valence-electron chi connectivity index (χ3n) is 5.30. The summed E-state index contributed by atoms with van der Waals surface area (Å²) >= 11 is 5.97. The minimum Gasteiger partial charge on any atom is -0.468 e. The van der Waals surface area contributed by atoms with Crippen molar-refractivity contribution in [3.05, 3.63) is 58.8 Å². The standard InChI is InChI=1S/C20H18ClN3O4/c1-11(25)13-5-8-15-20(10-22,19(27)28-2)16(12-3-6-14(21)7-4-12)17(18(23)26)24(15)9-13/h3-9,15-17H,1-2H3,(H2,23,26). The Morgan fingerprint density at radius 1 is 1.29 bits per heavy atom. The Morgan fingerprint density at radius 2 is 1.93 bits per heavy atom. The third kappa shape index (κ3) is 2.77. The average Bonchev–Trinajstić information content (AvgIpc) is 2.98. The van der Waals surface area contributed by atoms with Gasteiger partial charge in [0.15, 0.2) is 11.2 Å². The minimum atomic E-state index is -1.74. The van der Waals surface area contributed by atoms with E-state index in [2.05, 4.69) is 6.07 Å². The van der Waals surface area contributed by atoms with Crippen LogP contribution >= 0.6 is 11.6 Å². The van der Waals surface area contributed by atoms with E-state index in [1.807, 2.05) is 0 Å². The predicted molar refractivity (Wildman–Crippen MR) is 101 cm³/mol. The Kier molecular flexibility index (Phi) is 5.01. The normalized spacial score (nSPS) is 28.1. The van der Waals surface area contributed by atoms with Crippen LogP contribution in [-0.2, 0) is 19.1 Å². The molecular formula is C20H18ClN3O4. The summed E-state index contributed by atoms with van der Waals surface area (Å²) in [5.41, 5.74) is 4.84. The number of esters is 1. The van der Waals surface area contributed by atoms with Crippen molar-refractivity contribution in [2.75, 3.05) is 7.11 Å². The van der Waals surface area contributed by atoms with Crippen LogP contribution in [0.3, 0.4) is 0 Å². The van der Waals surface area contributed by atoms with Crippen molar-refractivity contribution < 1.29 is 19.1 Å². The van der Waals surface area contributed by atoms with E-state index in [4.69, 9.17) is 22.1 Å². The largest absolute Gasteiger partial charge is 0.468 e. The van der Waals surface area contributed by atoms with Gasteiger partial charge in [-0.2, -0.15) is 5.26 Å². The highest BCUT2D eigenvalue weighted by Crippen LogP contribution is 2.53.